The number of carboxylic acid groups (broad SMARTS) is 2. The molecule has 3 aromatic rings. The Kier molecular flexibility index (Phi) is 7.15. The molecule has 0 aliphatic rings. The maximum absolute atomic E-state index is 13.0. The van der Waals surface area contributed by atoms with Gasteiger partial charge in [-0.1, -0.05) is 42.0 Å². The van der Waals surface area contributed by atoms with Gasteiger partial charge in [-0.3, -0.25) is 9.59 Å². The predicted octanol–water partition coefficient (Wildman–Crippen LogP) is 4.07. The molecule has 0 radical (unpaired) electrons. The number of carbonyl (C=O) groups excluding carboxylic acids is 2. The smallest absolute Gasteiger partial charge is 0.326 e. The molecule has 0 spiro atoms. The summed E-state index contributed by atoms with van der Waals surface area (Å²) >= 11 is 0. The number of hydrogen-bond donors (Lipinski definition) is 5. The molecule has 3 rings (SSSR count). The normalized spacial score (nSPS) is 11.5. The Morgan fingerprint density at radius 3 is 2.00 bits per heavy atom. The van der Waals surface area contributed by atoms with E-state index in [1.165, 1.54) is 6.07 Å². The van der Waals surface area contributed by atoms with Gasteiger partial charge in [-0.25, -0.2) is 9.59 Å². The van der Waals surface area contributed by atoms with Crippen LogP contribution in [-0.2, 0) is 9.59 Å². The predicted molar refractivity (Wildman–Crippen MR) is 128 cm³/mol. The average Bonchev–Trinajstić information content (AvgIpc) is 2.74. The van der Waals surface area contributed by atoms with Crippen molar-refractivity contribution in [3.05, 3.63) is 70.8 Å². The summed E-state index contributed by atoms with van der Waals surface area (Å²) in [5.74, 6) is -3.67. The van der Waals surface area contributed by atoms with E-state index in [1.807, 2.05) is 32.9 Å². The van der Waals surface area contributed by atoms with Crippen LogP contribution in [0.3, 0.4) is 0 Å². The van der Waals surface area contributed by atoms with Crippen LogP contribution in [0.2, 0.25) is 0 Å². The number of fused-ring (bicyclic) bond motifs is 1. The average molecular weight is 463 g/mol. The van der Waals surface area contributed by atoms with Gasteiger partial charge in [0.1, 0.15) is 6.04 Å². The van der Waals surface area contributed by atoms with Gasteiger partial charge in [-0.2, -0.15) is 0 Å². The minimum absolute atomic E-state index is 0.00263. The summed E-state index contributed by atoms with van der Waals surface area (Å²) in [5, 5.41) is 27.4. The molecule has 0 bridgehead atoms. The van der Waals surface area contributed by atoms with Gasteiger partial charge in [-0.05, 0) is 54.8 Å². The van der Waals surface area contributed by atoms with Crippen molar-refractivity contribution in [3.63, 3.8) is 0 Å². The summed E-state index contributed by atoms with van der Waals surface area (Å²) in [7, 11) is 0. The van der Waals surface area contributed by atoms with E-state index in [0.717, 1.165) is 22.1 Å². The van der Waals surface area contributed by atoms with Crippen LogP contribution >= 0.6 is 0 Å². The maximum atomic E-state index is 13.0. The number of urea groups is 1. The van der Waals surface area contributed by atoms with Crippen LogP contribution < -0.4 is 16.0 Å². The van der Waals surface area contributed by atoms with Crippen molar-refractivity contribution in [1.82, 2.24) is 5.32 Å². The van der Waals surface area contributed by atoms with E-state index in [9.17, 15) is 24.3 Å². The van der Waals surface area contributed by atoms with Crippen LogP contribution in [0.25, 0.3) is 10.8 Å². The lowest BCUT2D eigenvalue weighted by molar-refractivity contribution is -0.145. The van der Waals surface area contributed by atoms with Gasteiger partial charge in [0.2, 0.25) is 0 Å². The minimum Gasteiger partial charge on any atom is -0.481 e. The van der Waals surface area contributed by atoms with E-state index in [1.54, 1.807) is 30.3 Å². The molecular weight excluding hydrogens is 438 g/mol. The number of rotatable bonds is 7. The SMILES string of the molecule is Cc1cc(C)c(NC(=O)Nc2cc3ccccc3cc2C(=O)N[C@H](CC(=O)O)C(=O)O)c(C)c1. The topological polar surface area (TPSA) is 145 Å². The van der Waals surface area contributed by atoms with Crippen molar-refractivity contribution in [2.45, 2.75) is 33.2 Å². The van der Waals surface area contributed by atoms with Crippen LogP contribution in [0.15, 0.2) is 48.5 Å². The first-order valence-corrected chi connectivity index (χ1v) is 10.5. The summed E-state index contributed by atoms with van der Waals surface area (Å²) in [4.78, 5) is 48.2. The van der Waals surface area contributed by atoms with E-state index >= 15 is 0 Å². The van der Waals surface area contributed by atoms with E-state index < -0.39 is 36.3 Å². The lowest BCUT2D eigenvalue weighted by Gasteiger charge is -2.17. The minimum atomic E-state index is -1.63. The molecule has 0 fully saturated rings. The molecule has 0 heterocycles. The zero-order chi connectivity index (χ0) is 25.0. The Labute approximate surface area is 195 Å². The molecule has 0 aliphatic heterocycles. The maximum Gasteiger partial charge on any atom is 0.326 e. The number of nitrogens with one attached hydrogen (secondary N) is 3. The van der Waals surface area contributed by atoms with Crippen molar-refractivity contribution in [2.24, 2.45) is 0 Å². The Bertz CT molecular complexity index is 1280. The summed E-state index contributed by atoms with van der Waals surface area (Å²) in [6, 6.07) is 11.9. The molecular formula is C25H25N3O6. The Balaban J connectivity index is 1.94. The highest BCUT2D eigenvalue weighted by atomic mass is 16.4. The largest absolute Gasteiger partial charge is 0.481 e. The number of aliphatic carboxylic acids is 2. The van der Waals surface area contributed by atoms with Gasteiger partial charge in [-0.15, -0.1) is 0 Å². The molecule has 34 heavy (non-hydrogen) atoms. The zero-order valence-corrected chi connectivity index (χ0v) is 18.9. The molecule has 0 aliphatic carbocycles. The van der Waals surface area contributed by atoms with Gasteiger partial charge >= 0.3 is 18.0 Å². The number of anilines is 2. The fraction of sp³-hybridized carbons (Fsp3) is 0.200. The molecule has 3 aromatic carbocycles. The highest BCUT2D eigenvalue weighted by Crippen LogP contribution is 2.26. The quantitative estimate of drug-likeness (QED) is 0.357. The van der Waals surface area contributed by atoms with Gasteiger partial charge in [0.15, 0.2) is 0 Å². The molecule has 0 saturated carbocycles. The van der Waals surface area contributed by atoms with E-state index in [4.69, 9.17) is 5.11 Å². The van der Waals surface area contributed by atoms with E-state index in [2.05, 4.69) is 16.0 Å². The fourth-order valence-corrected chi connectivity index (χ4v) is 3.79. The van der Waals surface area contributed by atoms with E-state index in [-0.39, 0.29) is 11.3 Å². The molecule has 9 nitrogen and oxygen atoms in total. The van der Waals surface area contributed by atoms with Crippen LogP contribution in [0.1, 0.15) is 33.5 Å². The third kappa shape index (κ3) is 5.69. The summed E-state index contributed by atoms with van der Waals surface area (Å²) in [6.07, 6.45) is -0.788. The standard InChI is InChI=1S/C25H25N3O6/c1-13-8-14(2)22(15(3)9-13)28-25(34)27-19-11-17-7-5-4-6-16(17)10-18(19)23(31)26-20(24(32)33)12-21(29)30/h4-11,20H,12H2,1-3H3,(H,26,31)(H,29,30)(H,32,33)(H2,27,28,34)/t20-/m1/s1. The number of aryl methyl sites for hydroxylation is 3. The van der Waals surface area contributed by atoms with Crippen molar-refractivity contribution in [2.75, 3.05) is 10.6 Å². The first-order valence-electron chi connectivity index (χ1n) is 10.5. The van der Waals surface area contributed by atoms with Crippen LogP contribution in [-0.4, -0.2) is 40.1 Å². The Morgan fingerprint density at radius 1 is 0.853 bits per heavy atom. The van der Waals surface area contributed by atoms with Crippen LogP contribution in [0, 0.1) is 20.8 Å². The fourth-order valence-electron chi connectivity index (χ4n) is 3.79. The highest BCUT2D eigenvalue weighted by molar-refractivity contribution is 6.10. The monoisotopic (exact) mass is 463 g/mol. The van der Waals surface area contributed by atoms with Crippen molar-refractivity contribution >= 4 is 46.0 Å². The first-order chi connectivity index (χ1) is 16.0. The molecule has 5 N–H and O–H groups in total. The Morgan fingerprint density at radius 2 is 1.44 bits per heavy atom. The molecule has 1 atom stereocenters. The molecule has 176 valence electrons. The number of carbonyl (C=O) groups is 4. The molecule has 0 unspecified atom stereocenters. The number of amides is 3. The van der Waals surface area contributed by atoms with Crippen LogP contribution in [0.5, 0.6) is 0 Å². The zero-order valence-electron chi connectivity index (χ0n) is 18.9. The van der Waals surface area contributed by atoms with Gasteiger partial charge in [0, 0.05) is 5.69 Å². The lowest BCUT2D eigenvalue weighted by Crippen LogP contribution is -2.42. The second kappa shape index (κ2) is 10.0. The summed E-state index contributed by atoms with van der Waals surface area (Å²) < 4.78 is 0. The second-order valence-corrected chi connectivity index (χ2v) is 8.06. The Hall–Kier alpha value is -4.40. The number of carboxylic acids is 2. The second-order valence-electron chi connectivity index (χ2n) is 8.06. The molecule has 9 heteroatoms. The number of benzene rings is 3. The third-order valence-electron chi connectivity index (χ3n) is 5.28. The lowest BCUT2D eigenvalue weighted by atomic mass is 10.0. The molecule has 0 aromatic heterocycles. The van der Waals surface area contributed by atoms with Gasteiger partial charge in [0.05, 0.1) is 17.7 Å². The summed E-state index contributed by atoms with van der Waals surface area (Å²) in [5.41, 5.74) is 3.61. The van der Waals surface area contributed by atoms with Crippen LogP contribution in [0.4, 0.5) is 16.2 Å². The highest BCUT2D eigenvalue weighted by Gasteiger charge is 2.25. The molecule has 0 saturated heterocycles. The van der Waals surface area contributed by atoms with Crippen molar-refractivity contribution in [1.29, 1.82) is 0 Å². The van der Waals surface area contributed by atoms with Gasteiger partial charge < -0.3 is 26.2 Å². The van der Waals surface area contributed by atoms with E-state index in [0.29, 0.717) is 11.1 Å². The van der Waals surface area contributed by atoms with Gasteiger partial charge in [0.25, 0.3) is 5.91 Å². The molecule has 3 amide bonds. The van der Waals surface area contributed by atoms with Crippen molar-refractivity contribution in [3.8, 4) is 0 Å². The van der Waals surface area contributed by atoms with Crippen molar-refractivity contribution < 1.29 is 29.4 Å². The third-order valence-corrected chi connectivity index (χ3v) is 5.28. The first kappa shape index (κ1) is 24.2. The number of hydrogen-bond acceptors (Lipinski definition) is 4. The summed E-state index contributed by atoms with van der Waals surface area (Å²) in [6.45, 7) is 5.70.